The van der Waals surface area contributed by atoms with Crippen LogP contribution in [-0.4, -0.2) is 37.3 Å². The molecule has 1 fully saturated rings. The topological polar surface area (TPSA) is 15.3 Å². The van der Waals surface area contributed by atoms with Crippen molar-refractivity contribution < 1.29 is 0 Å². The van der Waals surface area contributed by atoms with Crippen LogP contribution in [0.1, 0.15) is 31.9 Å². The summed E-state index contributed by atoms with van der Waals surface area (Å²) in [5, 5.41) is 3.45. The standard InChI is InChI=1S/C16H26N2S/c1-4-13(2)16(18-11-9-17-10-12-18)14-5-7-15(19-3)8-6-14/h5-8,13,16-17H,4,9-12H2,1-3H3/t13?,16-/m1/s1. The van der Waals surface area contributed by atoms with E-state index in [2.05, 4.69) is 54.6 Å². The molecule has 0 aromatic heterocycles. The number of nitrogens with zero attached hydrogens (tertiary/aromatic N) is 1. The van der Waals surface area contributed by atoms with Gasteiger partial charge in [-0.05, 0) is 29.9 Å². The Labute approximate surface area is 122 Å². The Balaban J connectivity index is 2.19. The van der Waals surface area contributed by atoms with E-state index in [1.807, 2.05) is 11.8 Å². The van der Waals surface area contributed by atoms with Gasteiger partial charge in [-0.3, -0.25) is 4.90 Å². The minimum atomic E-state index is 0.572. The van der Waals surface area contributed by atoms with Gasteiger partial charge in [-0.15, -0.1) is 11.8 Å². The molecule has 1 saturated heterocycles. The lowest BCUT2D eigenvalue weighted by Crippen LogP contribution is -2.46. The molecule has 0 amide bonds. The summed E-state index contributed by atoms with van der Waals surface area (Å²) in [5.74, 6) is 0.707. The van der Waals surface area contributed by atoms with Crippen LogP contribution in [0.25, 0.3) is 0 Å². The summed E-state index contributed by atoms with van der Waals surface area (Å²) in [6.45, 7) is 9.26. The van der Waals surface area contributed by atoms with Gasteiger partial charge in [-0.2, -0.15) is 0 Å². The van der Waals surface area contributed by atoms with Crippen molar-refractivity contribution in [2.75, 3.05) is 32.4 Å². The number of hydrogen-bond acceptors (Lipinski definition) is 3. The Kier molecular flexibility index (Phi) is 5.74. The molecule has 0 radical (unpaired) electrons. The highest BCUT2D eigenvalue weighted by atomic mass is 32.2. The van der Waals surface area contributed by atoms with E-state index in [9.17, 15) is 0 Å². The average molecular weight is 278 g/mol. The molecular formula is C16H26N2S. The molecule has 1 aliphatic heterocycles. The molecule has 1 aliphatic rings. The van der Waals surface area contributed by atoms with Crippen molar-refractivity contribution in [2.45, 2.75) is 31.2 Å². The van der Waals surface area contributed by atoms with Gasteiger partial charge >= 0.3 is 0 Å². The molecule has 0 spiro atoms. The minimum absolute atomic E-state index is 0.572. The lowest BCUT2D eigenvalue weighted by molar-refractivity contribution is 0.128. The Hall–Kier alpha value is -0.510. The minimum Gasteiger partial charge on any atom is -0.314 e. The highest BCUT2D eigenvalue weighted by Gasteiger charge is 2.26. The van der Waals surface area contributed by atoms with Gasteiger partial charge in [0.2, 0.25) is 0 Å². The van der Waals surface area contributed by atoms with Crippen LogP contribution in [0, 0.1) is 5.92 Å². The predicted octanol–water partition coefficient (Wildman–Crippen LogP) is 3.40. The van der Waals surface area contributed by atoms with Crippen LogP contribution in [0.15, 0.2) is 29.2 Å². The van der Waals surface area contributed by atoms with E-state index >= 15 is 0 Å². The molecule has 1 heterocycles. The number of thioether (sulfide) groups is 1. The number of benzene rings is 1. The molecule has 1 aromatic rings. The number of piperazine rings is 1. The summed E-state index contributed by atoms with van der Waals surface area (Å²) >= 11 is 1.82. The first kappa shape index (κ1) is 14.9. The maximum atomic E-state index is 3.45. The van der Waals surface area contributed by atoms with Crippen LogP contribution in [-0.2, 0) is 0 Å². The maximum Gasteiger partial charge on any atom is 0.0374 e. The van der Waals surface area contributed by atoms with Gasteiger partial charge in [-0.1, -0.05) is 32.4 Å². The van der Waals surface area contributed by atoms with Gasteiger partial charge in [0.05, 0.1) is 0 Å². The summed E-state index contributed by atoms with van der Waals surface area (Å²) in [6.07, 6.45) is 3.37. The Morgan fingerprint density at radius 1 is 1.21 bits per heavy atom. The molecule has 106 valence electrons. The Morgan fingerprint density at radius 2 is 1.84 bits per heavy atom. The molecule has 2 nitrogen and oxygen atoms in total. The largest absolute Gasteiger partial charge is 0.314 e. The molecule has 0 aliphatic carbocycles. The molecule has 0 saturated carbocycles. The van der Waals surface area contributed by atoms with Gasteiger partial charge in [-0.25, -0.2) is 0 Å². The van der Waals surface area contributed by atoms with E-state index in [-0.39, 0.29) is 0 Å². The predicted molar refractivity (Wildman–Crippen MR) is 84.9 cm³/mol. The van der Waals surface area contributed by atoms with E-state index < -0.39 is 0 Å². The second kappa shape index (κ2) is 7.32. The molecule has 19 heavy (non-hydrogen) atoms. The fourth-order valence-corrected chi connectivity index (χ4v) is 3.29. The number of rotatable bonds is 5. The lowest BCUT2D eigenvalue weighted by Gasteiger charge is -2.38. The van der Waals surface area contributed by atoms with Crippen LogP contribution in [0.4, 0.5) is 0 Å². The van der Waals surface area contributed by atoms with Crippen molar-refractivity contribution in [2.24, 2.45) is 5.92 Å². The molecule has 3 heteroatoms. The van der Waals surface area contributed by atoms with Crippen LogP contribution in [0.2, 0.25) is 0 Å². The van der Waals surface area contributed by atoms with Crippen LogP contribution in [0.3, 0.4) is 0 Å². The van der Waals surface area contributed by atoms with Crippen LogP contribution < -0.4 is 5.32 Å². The van der Waals surface area contributed by atoms with Crippen molar-refractivity contribution in [3.05, 3.63) is 29.8 Å². The third kappa shape index (κ3) is 3.74. The lowest BCUT2D eigenvalue weighted by atomic mass is 9.90. The summed E-state index contributed by atoms with van der Waals surface area (Å²) < 4.78 is 0. The maximum absolute atomic E-state index is 3.45. The fraction of sp³-hybridized carbons (Fsp3) is 0.625. The van der Waals surface area contributed by atoms with Gasteiger partial charge in [0.1, 0.15) is 0 Å². The van der Waals surface area contributed by atoms with Crippen molar-refractivity contribution in [3.8, 4) is 0 Å². The van der Waals surface area contributed by atoms with E-state index in [0.29, 0.717) is 12.0 Å². The quantitative estimate of drug-likeness (QED) is 0.831. The second-order valence-corrected chi connectivity index (χ2v) is 6.27. The van der Waals surface area contributed by atoms with E-state index in [1.165, 1.54) is 30.0 Å². The third-order valence-electron chi connectivity index (χ3n) is 4.19. The van der Waals surface area contributed by atoms with Gasteiger partial charge in [0, 0.05) is 37.1 Å². The Bertz CT molecular complexity index is 371. The molecule has 2 atom stereocenters. The highest BCUT2D eigenvalue weighted by molar-refractivity contribution is 7.98. The zero-order chi connectivity index (χ0) is 13.7. The van der Waals surface area contributed by atoms with Crippen molar-refractivity contribution in [3.63, 3.8) is 0 Å². The van der Waals surface area contributed by atoms with Gasteiger partial charge < -0.3 is 5.32 Å². The van der Waals surface area contributed by atoms with Gasteiger partial charge in [0.15, 0.2) is 0 Å². The summed E-state index contributed by atoms with van der Waals surface area (Å²) in [6, 6.07) is 9.74. The first-order chi connectivity index (χ1) is 9.26. The zero-order valence-electron chi connectivity index (χ0n) is 12.4. The second-order valence-electron chi connectivity index (χ2n) is 5.39. The first-order valence-electron chi connectivity index (χ1n) is 7.35. The normalized spacial score (nSPS) is 20.2. The molecule has 2 rings (SSSR count). The molecule has 1 N–H and O–H groups in total. The smallest absolute Gasteiger partial charge is 0.0374 e. The SMILES string of the molecule is CCC(C)[C@H](c1ccc(SC)cc1)N1CCNCC1. The zero-order valence-corrected chi connectivity index (χ0v) is 13.2. The Morgan fingerprint density at radius 3 is 2.37 bits per heavy atom. The number of nitrogens with one attached hydrogen (secondary N) is 1. The fourth-order valence-electron chi connectivity index (χ4n) is 2.88. The van der Waals surface area contributed by atoms with Crippen molar-refractivity contribution in [1.82, 2.24) is 10.2 Å². The van der Waals surface area contributed by atoms with E-state index in [1.54, 1.807) is 0 Å². The monoisotopic (exact) mass is 278 g/mol. The third-order valence-corrected chi connectivity index (χ3v) is 4.93. The molecule has 1 unspecified atom stereocenters. The van der Waals surface area contributed by atoms with E-state index in [0.717, 1.165) is 13.1 Å². The summed E-state index contributed by atoms with van der Waals surface area (Å²) in [4.78, 5) is 4.01. The van der Waals surface area contributed by atoms with Crippen LogP contribution >= 0.6 is 11.8 Å². The van der Waals surface area contributed by atoms with Crippen molar-refractivity contribution in [1.29, 1.82) is 0 Å². The number of hydrogen-bond donors (Lipinski definition) is 1. The van der Waals surface area contributed by atoms with Crippen molar-refractivity contribution >= 4 is 11.8 Å². The van der Waals surface area contributed by atoms with Gasteiger partial charge in [0.25, 0.3) is 0 Å². The molecule has 1 aromatic carbocycles. The average Bonchev–Trinajstić information content (AvgIpc) is 2.49. The summed E-state index contributed by atoms with van der Waals surface area (Å²) in [5.41, 5.74) is 1.48. The molecule has 0 bridgehead atoms. The molecular weight excluding hydrogens is 252 g/mol. The van der Waals surface area contributed by atoms with E-state index in [4.69, 9.17) is 0 Å². The van der Waals surface area contributed by atoms with Crippen LogP contribution in [0.5, 0.6) is 0 Å². The summed E-state index contributed by atoms with van der Waals surface area (Å²) in [7, 11) is 0. The highest BCUT2D eigenvalue weighted by Crippen LogP contribution is 2.31. The first-order valence-corrected chi connectivity index (χ1v) is 8.57.